The molecule has 0 saturated carbocycles. The number of hydrogen-bond acceptors (Lipinski definition) is 8. The summed E-state index contributed by atoms with van der Waals surface area (Å²) < 4.78 is 14.7. The van der Waals surface area contributed by atoms with Crippen molar-refractivity contribution in [2.45, 2.75) is 6.54 Å². The maximum Gasteiger partial charge on any atom is 0.493 e. The van der Waals surface area contributed by atoms with E-state index in [0.717, 1.165) is 0 Å². The number of halogens is 1. The molecule has 2 aromatic carbocycles. The highest BCUT2D eigenvalue weighted by Crippen LogP contribution is 2.18. The molecule has 0 unspecified atom stereocenters. The van der Waals surface area contributed by atoms with Gasteiger partial charge in [0, 0.05) is 18.2 Å². The smallest absolute Gasteiger partial charge is 0.423 e. The van der Waals surface area contributed by atoms with E-state index >= 15 is 0 Å². The van der Waals surface area contributed by atoms with Gasteiger partial charge in [0.1, 0.15) is 17.2 Å². The van der Waals surface area contributed by atoms with Crippen molar-refractivity contribution in [1.82, 2.24) is 25.0 Å². The first kappa shape index (κ1) is 19.4. The van der Waals surface area contributed by atoms with Crippen LogP contribution in [0.25, 0.3) is 17.0 Å². The lowest BCUT2D eigenvalue weighted by Crippen LogP contribution is -2.34. The molecule has 2 aromatic heterocycles. The number of carbonyl (C=O) groups excluding carboxylic acids is 1. The first-order chi connectivity index (χ1) is 14.4. The van der Waals surface area contributed by atoms with Crippen molar-refractivity contribution in [3.8, 4) is 5.95 Å². The normalized spacial score (nSPS) is 10.9. The van der Waals surface area contributed by atoms with Crippen molar-refractivity contribution in [1.29, 1.82) is 0 Å². The summed E-state index contributed by atoms with van der Waals surface area (Å²) >= 11 is 0. The molecule has 0 atom stereocenters. The van der Waals surface area contributed by atoms with Gasteiger partial charge in [-0.3, -0.25) is 4.79 Å². The van der Waals surface area contributed by atoms with E-state index in [1.807, 2.05) is 0 Å². The summed E-state index contributed by atoms with van der Waals surface area (Å²) in [6.07, 6.45) is 1.23. The second kappa shape index (κ2) is 7.85. The quantitative estimate of drug-likeness (QED) is 0.319. The first-order valence-corrected chi connectivity index (χ1v) is 8.80. The van der Waals surface area contributed by atoms with Crippen LogP contribution in [0.3, 0.4) is 0 Å². The third-order valence-corrected chi connectivity index (χ3v) is 4.36. The van der Waals surface area contributed by atoms with Crippen LogP contribution >= 0.6 is 0 Å². The summed E-state index contributed by atoms with van der Waals surface area (Å²) in [5.74, 6) is -0.844. The van der Waals surface area contributed by atoms with Gasteiger partial charge in [0.25, 0.3) is 11.9 Å². The predicted molar refractivity (Wildman–Crippen MR) is 107 cm³/mol. The van der Waals surface area contributed by atoms with Crippen molar-refractivity contribution < 1.29 is 19.2 Å². The molecule has 150 valence electrons. The second-order valence-corrected chi connectivity index (χ2v) is 6.37. The lowest BCUT2D eigenvalue weighted by molar-refractivity contribution is 0.100. The summed E-state index contributed by atoms with van der Waals surface area (Å²) in [5, 5.41) is 30.2. The summed E-state index contributed by atoms with van der Waals surface area (Å²) in [5.41, 5.74) is 6.96. The highest BCUT2D eigenvalue weighted by Gasteiger charge is 2.21. The Hall–Kier alpha value is -3.90. The van der Waals surface area contributed by atoms with Crippen LogP contribution in [0.2, 0.25) is 0 Å². The van der Waals surface area contributed by atoms with Crippen LogP contribution in [0.5, 0.6) is 0 Å². The molecule has 0 aliphatic rings. The van der Waals surface area contributed by atoms with E-state index in [1.54, 1.807) is 24.3 Å². The van der Waals surface area contributed by atoms with E-state index in [1.165, 1.54) is 29.1 Å². The minimum atomic E-state index is -1.83. The molecule has 30 heavy (non-hydrogen) atoms. The Balaban J connectivity index is 1.73. The van der Waals surface area contributed by atoms with Gasteiger partial charge < -0.3 is 21.1 Å². The Kier molecular flexibility index (Phi) is 5.08. The van der Waals surface area contributed by atoms with Gasteiger partial charge in [0.2, 0.25) is 0 Å². The molecule has 12 heteroatoms. The van der Waals surface area contributed by atoms with E-state index in [9.17, 15) is 19.2 Å². The fourth-order valence-corrected chi connectivity index (χ4v) is 2.94. The number of carbonyl (C=O) groups is 1. The molecule has 2 heterocycles. The Morgan fingerprint density at radius 3 is 2.77 bits per heavy atom. The van der Waals surface area contributed by atoms with Gasteiger partial charge in [-0.05, 0) is 29.8 Å². The average Bonchev–Trinajstić information content (AvgIpc) is 3.16. The maximum atomic E-state index is 13.4. The van der Waals surface area contributed by atoms with Crippen molar-refractivity contribution in [2.75, 3.05) is 5.32 Å². The van der Waals surface area contributed by atoms with Gasteiger partial charge in [-0.25, -0.2) is 9.37 Å². The van der Waals surface area contributed by atoms with Gasteiger partial charge in [0.05, 0.1) is 11.1 Å². The number of rotatable bonds is 6. The number of fused-ring (bicyclic) bond motifs is 1. The molecule has 0 bridgehead atoms. The molecular formula is C18H15BFN7O3. The van der Waals surface area contributed by atoms with E-state index in [2.05, 4.69) is 25.6 Å². The molecule has 4 rings (SSSR count). The molecule has 0 aliphatic heterocycles. The first-order valence-electron chi connectivity index (χ1n) is 8.80. The van der Waals surface area contributed by atoms with E-state index < -0.39 is 13.0 Å². The highest BCUT2D eigenvalue weighted by molar-refractivity contribution is 6.60. The molecule has 1 amide bonds. The van der Waals surface area contributed by atoms with E-state index in [4.69, 9.17) is 5.73 Å². The standard InChI is InChI=1S/C18H15BFN7O3/c20-11-4-1-3-10(7-11)8-22-17-13(19(29)30)9-23-18(24-17)27-14-6-2-5-12(16(21)28)15(14)25-26-27/h1-7,9,29-30H,8H2,(H2,21,28)(H,22,23,24). The topological polar surface area (TPSA) is 152 Å². The SMILES string of the molecule is NC(=O)c1cccc2c1nnn2-c1ncc(B(O)O)c(NCc2cccc(F)c2)n1. The number of nitrogens with two attached hydrogens (primary N) is 1. The number of hydrogen-bond donors (Lipinski definition) is 4. The minimum Gasteiger partial charge on any atom is -0.423 e. The van der Waals surface area contributed by atoms with Crippen LogP contribution in [0.1, 0.15) is 15.9 Å². The van der Waals surface area contributed by atoms with Gasteiger partial charge in [-0.2, -0.15) is 9.67 Å². The number of amides is 1. The van der Waals surface area contributed by atoms with E-state index in [-0.39, 0.29) is 40.7 Å². The Morgan fingerprint density at radius 1 is 1.23 bits per heavy atom. The summed E-state index contributed by atoms with van der Waals surface area (Å²) in [6.45, 7) is 0.178. The van der Waals surface area contributed by atoms with Gasteiger partial charge >= 0.3 is 7.12 Å². The van der Waals surface area contributed by atoms with Crippen LogP contribution in [0, 0.1) is 5.82 Å². The maximum absolute atomic E-state index is 13.4. The highest BCUT2D eigenvalue weighted by atomic mass is 19.1. The second-order valence-electron chi connectivity index (χ2n) is 6.37. The Bertz CT molecular complexity index is 1250. The number of primary amides is 1. The molecule has 0 spiro atoms. The van der Waals surface area contributed by atoms with Crippen LogP contribution in [-0.4, -0.2) is 48.0 Å². The zero-order chi connectivity index (χ0) is 21.3. The van der Waals surface area contributed by atoms with Gasteiger partial charge in [-0.1, -0.05) is 23.4 Å². The molecule has 5 N–H and O–H groups in total. The van der Waals surface area contributed by atoms with Gasteiger partial charge in [-0.15, -0.1) is 5.10 Å². The zero-order valence-electron chi connectivity index (χ0n) is 15.4. The molecule has 10 nitrogen and oxygen atoms in total. The zero-order valence-corrected chi connectivity index (χ0v) is 15.4. The molecular weight excluding hydrogens is 392 g/mol. The summed E-state index contributed by atoms with van der Waals surface area (Å²) in [6, 6.07) is 10.8. The molecule has 4 aromatic rings. The Morgan fingerprint density at radius 2 is 2.03 bits per heavy atom. The largest absolute Gasteiger partial charge is 0.493 e. The van der Waals surface area contributed by atoms with Crippen LogP contribution in [0.4, 0.5) is 10.2 Å². The monoisotopic (exact) mass is 407 g/mol. The minimum absolute atomic E-state index is 0.0254. The molecule has 0 saturated heterocycles. The molecule has 0 aliphatic carbocycles. The van der Waals surface area contributed by atoms with Crippen molar-refractivity contribution >= 4 is 35.3 Å². The van der Waals surface area contributed by atoms with Crippen LogP contribution < -0.4 is 16.5 Å². The number of aromatic nitrogens is 5. The number of nitrogens with zero attached hydrogens (tertiary/aromatic N) is 5. The fourth-order valence-electron chi connectivity index (χ4n) is 2.94. The van der Waals surface area contributed by atoms with Crippen molar-refractivity contribution in [2.24, 2.45) is 5.73 Å². The fraction of sp³-hybridized carbons (Fsp3) is 0.0556. The number of anilines is 1. The average molecular weight is 407 g/mol. The molecule has 0 radical (unpaired) electrons. The summed E-state index contributed by atoms with van der Waals surface area (Å²) in [7, 11) is -1.83. The Labute approximate surface area is 169 Å². The lowest BCUT2D eigenvalue weighted by atomic mass is 9.81. The molecule has 0 fully saturated rings. The van der Waals surface area contributed by atoms with Crippen LogP contribution in [0.15, 0.2) is 48.7 Å². The van der Waals surface area contributed by atoms with Crippen LogP contribution in [-0.2, 0) is 6.54 Å². The predicted octanol–water partition coefficient (Wildman–Crippen LogP) is -0.260. The number of benzene rings is 2. The summed E-state index contributed by atoms with van der Waals surface area (Å²) in [4.78, 5) is 20.0. The lowest BCUT2D eigenvalue weighted by Gasteiger charge is -2.12. The van der Waals surface area contributed by atoms with Crippen molar-refractivity contribution in [3.05, 3.63) is 65.6 Å². The third kappa shape index (κ3) is 3.68. The van der Waals surface area contributed by atoms with Gasteiger partial charge in [0.15, 0.2) is 0 Å². The van der Waals surface area contributed by atoms with E-state index in [0.29, 0.717) is 11.1 Å². The van der Waals surface area contributed by atoms with Crippen molar-refractivity contribution in [3.63, 3.8) is 0 Å². The third-order valence-electron chi connectivity index (χ3n) is 4.36. The number of nitrogens with one attached hydrogen (secondary N) is 1.